The van der Waals surface area contributed by atoms with Crippen LogP contribution in [-0.4, -0.2) is 40.0 Å². The largest absolute Gasteiger partial charge is 0.467 e. The van der Waals surface area contributed by atoms with Crippen molar-refractivity contribution in [3.8, 4) is 5.69 Å². The van der Waals surface area contributed by atoms with Crippen LogP contribution in [0.2, 0.25) is 0 Å². The zero-order chi connectivity index (χ0) is 17.7. The van der Waals surface area contributed by atoms with Crippen molar-refractivity contribution >= 4 is 11.9 Å². The Balaban J connectivity index is 2.15. The minimum atomic E-state index is -0.711. The Morgan fingerprint density at radius 3 is 2.54 bits per heavy atom. The summed E-state index contributed by atoms with van der Waals surface area (Å²) >= 11 is 0. The fourth-order valence-corrected chi connectivity index (χ4v) is 2.20. The third-order valence-electron chi connectivity index (χ3n) is 3.98. The summed E-state index contributed by atoms with van der Waals surface area (Å²) in [4.78, 5) is 24.2. The second-order valence-corrected chi connectivity index (χ2v) is 5.74. The summed E-state index contributed by atoms with van der Waals surface area (Å²) in [5, 5.41) is 10.5. The van der Waals surface area contributed by atoms with E-state index >= 15 is 0 Å². The van der Waals surface area contributed by atoms with E-state index in [1.807, 2.05) is 45.0 Å². The quantitative estimate of drug-likeness (QED) is 0.818. The summed E-state index contributed by atoms with van der Waals surface area (Å²) < 4.78 is 6.28. The van der Waals surface area contributed by atoms with Gasteiger partial charge in [0.05, 0.1) is 19.0 Å². The van der Waals surface area contributed by atoms with Crippen LogP contribution < -0.4 is 5.32 Å². The van der Waals surface area contributed by atoms with Crippen LogP contribution in [0.3, 0.4) is 0 Å². The van der Waals surface area contributed by atoms with Gasteiger partial charge in [-0.3, -0.25) is 4.79 Å². The maximum absolute atomic E-state index is 12.4. The Labute approximate surface area is 141 Å². The van der Waals surface area contributed by atoms with E-state index in [0.29, 0.717) is 0 Å². The molecule has 1 amide bonds. The number of ether oxygens (including phenoxy) is 1. The summed E-state index contributed by atoms with van der Waals surface area (Å²) in [6.45, 7) is 5.82. The van der Waals surface area contributed by atoms with Gasteiger partial charge in [-0.05, 0) is 25.0 Å². The number of hydrogen-bond donors (Lipinski definition) is 1. The van der Waals surface area contributed by atoms with E-state index < -0.39 is 17.9 Å². The second-order valence-electron chi connectivity index (χ2n) is 5.74. The van der Waals surface area contributed by atoms with Crippen LogP contribution in [0.5, 0.6) is 0 Å². The third kappa shape index (κ3) is 3.98. The smallest absolute Gasteiger partial charge is 0.328 e. The van der Waals surface area contributed by atoms with E-state index in [-0.39, 0.29) is 11.6 Å². The van der Waals surface area contributed by atoms with Crippen molar-refractivity contribution in [2.45, 2.75) is 33.2 Å². The lowest BCUT2D eigenvalue weighted by Crippen LogP contribution is -2.45. The first kappa shape index (κ1) is 17.7. The first-order valence-electron chi connectivity index (χ1n) is 7.84. The number of methoxy groups -OCH3 is 1. The normalized spacial score (nSPS) is 13.2. The molecular weight excluding hydrogens is 308 g/mol. The molecule has 1 aromatic carbocycles. The summed E-state index contributed by atoms with van der Waals surface area (Å²) in [5.41, 5.74) is 2.08. The molecule has 0 radical (unpaired) electrons. The predicted molar refractivity (Wildman–Crippen MR) is 88.8 cm³/mol. The van der Waals surface area contributed by atoms with Crippen molar-refractivity contribution in [1.82, 2.24) is 20.3 Å². The first-order chi connectivity index (χ1) is 11.5. The Bertz CT molecular complexity index is 709. The minimum absolute atomic E-state index is 0.0476. The number of rotatable bonds is 6. The molecule has 1 aromatic heterocycles. The van der Waals surface area contributed by atoms with E-state index in [1.165, 1.54) is 18.0 Å². The van der Waals surface area contributed by atoms with Gasteiger partial charge >= 0.3 is 5.97 Å². The second kappa shape index (κ2) is 7.72. The number of nitrogens with one attached hydrogen (secondary N) is 1. The molecule has 1 N–H and O–H groups in total. The van der Waals surface area contributed by atoms with Gasteiger partial charge in [0.25, 0.3) is 5.91 Å². The molecule has 2 atom stereocenters. The van der Waals surface area contributed by atoms with Crippen LogP contribution >= 0.6 is 0 Å². The fourth-order valence-electron chi connectivity index (χ4n) is 2.20. The summed E-state index contributed by atoms with van der Waals surface area (Å²) in [7, 11) is 1.30. The van der Waals surface area contributed by atoms with E-state index in [0.717, 1.165) is 17.7 Å². The molecule has 128 valence electrons. The van der Waals surface area contributed by atoms with Gasteiger partial charge in [0.15, 0.2) is 5.69 Å². The molecule has 2 aromatic rings. The van der Waals surface area contributed by atoms with Gasteiger partial charge in [-0.15, -0.1) is 5.10 Å². The van der Waals surface area contributed by atoms with Crippen molar-refractivity contribution in [2.24, 2.45) is 5.92 Å². The average Bonchev–Trinajstić information content (AvgIpc) is 3.09. The molecule has 0 spiro atoms. The van der Waals surface area contributed by atoms with Crippen LogP contribution in [0, 0.1) is 12.8 Å². The van der Waals surface area contributed by atoms with E-state index in [4.69, 9.17) is 4.74 Å². The lowest BCUT2D eigenvalue weighted by molar-refractivity contribution is -0.144. The number of esters is 1. The highest BCUT2D eigenvalue weighted by Gasteiger charge is 2.28. The Kier molecular flexibility index (Phi) is 5.68. The number of hydrogen-bond acceptors (Lipinski definition) is 5. The molecule has 0 fully saturated rings. The first-order valence-corrected chi connectivity index (χ1v) is 7.84. The highest BCUT2D eigenvalue weighted by molar-refractivity contribution is 5.95. The molecule has 7 nitrogen and oxygen atoms in total. The van der Waals surface area contributed by atoms with E-state index in [2.05, 4.69) is 15.6 Å². The molecule has 24 heavy (non-hydrogen) atoms. The van der Waals surface area contributed by atoms with Crippen molar-refractivity contribution in [3.63, 3.8) is 0 Å². The maximum atomic E-state index is 12.4. The fraction of sp³-hybridized carbons (Fsp3) is 0.412. The van der Waals surface area contributed by atoms with Crippen LogP contribution in [0.1, 0.15) is 36.3 Å². The maximum Gasteiger partial charge on any atom is 0.328 e. The molecule has 7 heteroatoms. The molecule has 0 aliphatic rings. The zero-order valence-electron chi connectivity index (χ0n) is 14.3. The lowest BCUT2D eigenvalue weighted by Gasteiger charge is -2.21. The number of carbonyl (C=O) groups is 2. The SMILES string of the molecule is CCC(C)C(NC(=O)c1cn(-c2ccc(C)cc2)nn1)C(=O)OC. The number of nitrogens with zero attached hydrogens (tertiary/aromatic N) is 3. The van der Waals surface area contributed by atoms with Crippen LogP contribution in [0.15, 0.2) is 30.5 Å². The van der Waals surface area contributed by atoms with Gasteiger partial charge < -0.3 is 10.1 Å². The van der Waals surface area contributed by atoms with Crippen LogP contribution in [0.25, 0.3) is 5.69 Å². The molecule has 1 heterocycles. The molecule has 0 saturated carbocycles. The number of carbonyl (C=O) groups excluding carboxylic acids is 2. The van der Waals surface area contributed by atoms with Crippen molar-refractivity contribution < 1.29 is 14.3 Å². The molecule has 0 saturated heterocycles. The average molecular weight is 330 g/mol. The van der Waals surface area contributed by atoms with Gasteiger partial charge in [0, 0.05) is 0 Å². The van der Waals surface area contributed by atoms with Crippen molar-refractivity contribution in [2.75, 3.05) is 7.11 Å². The van der Waals surface area contributed by atoms with Gasteiger partial charge in [-0.2, -0.15) is 0 Å². The predicted octanol–water partition coefficient (Wildman–Crippen LogP) is 1.89. The minimum Gasteiger partial charge on any atom is -0.467 e. The standard InChI is InChI=1S/C17H22N4O3/c1-5-12(3)15(17(23)24-4)18-16(22)14-10-21(20-19-14)13-8-6-11(2)7-9-13/h6-10,12,15H,5H2,1-4H3,(H,18,22). The van der Waals surface area contributed by atoms with Gasteiger partial charge in [-0.1, -0.05) is 43.2 Å². The highest BCUT2D eigenvalue weighted by atomic mass is 16.5. The summed E-state index contributed by atoms with van der Waals surface area (Å²) in [5.74, 6) is -0.971. The number of amides is 1. The Morgan fingerprint density at radius 1 is 1.29 bits per heavy atom. The topological polar surface area (TPSA) is 86.1 Å². The Morgan fingerprint density at radius 2 is 1.96 bits per heavy atom. The van der Waals surface area contributed by atoms with Crippen molar-refractivity contribution in [1.29, 1.82) is 0 Å². The number of benzene rings is 1. The lowest BCUT2D eigenvalue weighted by atomic mass is 9.99. The highest BCUT2D eigenvalue weighted by Crippen LogP contribution is 2.11. The Hall–Kier alpha value is -2.70. The number of aromatic nitrogens is 3. The molecule has 0 bridgehead atoms. The van der Waals surface area contributed by atoms with Gasteiger partial charge in [0.1, 0.15) is 6.04 Å². The van der Waals surface area contributed by atoms with E-state index in [9.17, 15) is 9.59 Å². The molecule has 0 aliphatic carbocycles. The van der Waals surface area contributed by atoms with Crippen LogP contribution in [0.4, 0.5) is 0 Å². The van der Waals surface area contributed by atoms with Gasteiger partial charge in [0.2, 0.25) is 0 Å². The number of aryl methyl sites for hydroxylation is 1. The van der Waals surface area contributed by atoms with Crippen molar-refractivity contribution in [3.05, 3.63) is 41.7 Å². The van der Waals surface area contributed by atoms with Crippen LogP contribution in [-0.2, 0) is 9.53 Å². The molecule has 0 aliphatic heterocycles. The third-order valence-corrected chi connectivity index (χ3v) is 3.98. The van der Waals surface area contributed by atoms with E-state index in [1.54, 1.807) is 0 Å². The summed E-state index contributed by atoms with van der Waals surface area (Å²) in [6.07, 6.45) is 2.26. The monoisotopic (exact) mass is 330 g/mol. The molecule has 2 unspecified atom stereocenters. The molecule has 2 rings (SSSR count). The molecular formula is C17H22N4O3. The van der Waals surface area contributed by atoms with Gasteiger partial charge in [-0.25, -0.2) is 9.48 Å². The zero-order valence-corrected chi connectivity index (χ0v) is 14.3. The summed E-state index contributed by atoms with van der Waals surface area (Å²) in [6, 6.07) is 6.97.